The molecule has 0 unspecified atom stereocenters. The number of ether oxygens (including phenoxy) is 1. The molecule has 0 saturated carbocycles. The van der Waals surface area contributed by atoms with Crippen LogP contribution < -0.4 is 5.32 Å². The molecule has 2 aromatic heterocycles. The van der Waals surface area contributed by atoms with E-state index in [1.54, 1.807) is 13.2 Å². The summed E-state index contributed by atoms with van der Waals surface area (Å²) in [5.74, 6) is 0.501. The van der Waals surface area contributed by atoms with E-state index in [1.807, 2.05) is 24.3 Å². The first-order valence-electron chi connectivity index (χ1n) is 9.66. The lowest BCUT2D eigenvalue weighted by molar-refractivity contribution is 0.0903. The van der Waals surface area contributed by atoms with Crippen molar-refractivity contribution in [1.82, 2.24) is 14.8 Å². The molecule has 3 heterocycles. The van der Waals surface area contributed by atoms with Gasteiger partial charge in [-0.1, -0.05) is 12.1 Å². The predicted octanol–water partition coefficient (Wildman–Crippen LogP) is 3.20. The van der Waals surface area contributed by atoms with Gasteiger partial charge in [0.2, 0.25) is 0 Å². The lowest BCUT2D eigenvalue weighted by Gasteiger charge is -2.36. The molecule has 152 valence electrons. The molecule has 7 heteroatoms. The van der Waals surface area contributed by atoms with Gasteiger partial charge in [-0.25, -0.2) is 4.39 Å². The third-order valence-electron chi connectivity index (χ3n) is 5.16. The number of benzene rings is 1. The molecule has 0 aliphatic carbocycles. The third-order valence-corrected chi connectivity index (χ3v) is 5.16. The molecule has 0 saturated heterocycles. The summed E-state index contributed by atoms with van der Waals surface area (Å²) in [4.78, 5) is 14.4. The topological polar surface area (TPSA) is 59.6 Å². The first-order valence-corrected chi connectivity index (χ1v) is 9.66. The number of hydrogen-bond acceptors (Lipinski definition) is 4. The number of methoxy groups -OCH3 is 1. The Bertz CT molecular complexity index is 964. The van der Waals surface area contributed by atoms with Gasteiger partial charge in [0.15, 0.2) is 5.76 Å². The van der Waals surface area contributed by atoms with Crippen LogP contribution in [-0.2, 0) is 17.8 Å². The maximum Gasteiger partial charge on any atom is 0.287 e. The first-order chi connectivity index (χ1) is 14.2. The smallest absolute Gasteiger partial charge is 0.287 e. The second-order valence-corrected chi connectivity index (χ2v) is 7.07. The summed E-state index contributed by atoms with van der Waals surface area (Å²) >= 11 is 0. The minimum absolute atomic E-state index is 0.0107. The van der Waals surface area contributed by atoms with Crippen molar-refractivity contribution in [3.8, 4) is 0 Å². The lowest BCUT2D eigenvalue weighted by Crippen LogP contribution is -2.37. The number of nitrogens with zero attached hydrogens (tertiary/aromatic N) is 2. The number of rotatable bonds is 7. The van der Waals surface area contributed by atoms with Gasteiger partial charge in [-0.2, -0.15) is 0 Å². The molecule has 3 aromatic rings. The molecule has 6 nitrogen and oxygen atoms in total. The minimum Gasteiger partial charge on any atom is -0.455 e. The number of carbonyl (C=O) groups is 1. The second-order valence-electron chi connectivity index (χ2n) is 7.07. The fraction of sp³-hybridized carbons (Fsp3) is 0.318. The Kier molecular flexibility index (Phi) is 5.78. The van der Waals surface area contributed by atoms with E-state index >= 15 is 0 Å². The van der Waals surface area contributed by atoms with E-state index in [0.29, 0.717) is 25.5 Å². The molecule has 4 rings (SSSR count). The van der Waals surface area contributed by atoms with Crippen molar-refractivity contribution in [3.63, 3.8) is 0 Å². The molecule has 0 radical (unpaired) electrons. The van der Waals surface area contributed by atoms with Crippen LogP contribution in [0.15, 0.2) is 59.1 Å². The molecule has 1 N–H and O–H groups in total. The van der Waals surface area contributed by atoms with Crippen LogP contribution in [0.2, 0.25) is 0 Å². The highest BCUT2D eigenvalue weighted by atomic mass is 19.1. The summed E-state index contributed by atoms with van der Waals surface area (Å²) < 4.78 is 26.4. The summed E-state index contributed by atoms with van der Waals surface area (Å²) in [6.07, 6.45) is 2.07. The molecule has 0 fully saturated rings. The van der Waals surface area contributed by atoms with Crippen LogP contribution in [0.4, 0.5) is 4.39 Å². The molecule has 0 spiro atoms. The quantitative estimate of drug-likeness (QED) is 0.622. The van der Waals surface area contributed by atoms with E-state index in [-0.39, 0.29) is 23.5 Å². The van der Waals surface area contributed by atoms with Gasteiger partial charge >= 0.3 is 0 Å². The zero-order valence-electron chi connectivity index (χ0n) is 16.3. The molecule has 29 heavy (non-hydrogen) atoms. The van der Waals surface area contributed by atoms with Gasteiger partial charge in [0.25, 0.3) is 5.91 Å². The Morgan fingerprint density at radius 3 is 2.83 bits per heavy atom. The molecular weight excluding hydrogens is 373 g/mol. The average Bonchev–Trinajstić information content (AvgIpc) is 3.38. The maximum atomic E-state index is 13.4. The number of furan rings is 1. The molecule has 1 aliphatic heterocycles. The fourth-order valence-corrected chi connectivity index (χ4v) is 3.77. The molecule has 1 amide bonds. The fourth-order valence-electron chi connectivity index (χ4n) is 3.77. The second kappa shape index (κ2) is 8.63. The van der Waals surface area contributed by atoms with E-state index < -0.39 is 0 Å². The molecule has 1 aromatic carbocycles. The van der Waals surface area contributed by atoms with Gasteiger partial charge < -0.3 is 19.0 Å². The van der Waals surface area contributed by atoms with E-state index in [1.165, 1.54) is 12.1 Å². The van der Waals surface area contributed by atoms with E-state index in [2.05, 4.69) is 27.0 Å². The molecular formula is C22H24FN3O3. The van der Waals surface area contributed by atoms with Crippen LogP contribution in [0.25, 0.3) is 0 Å². The van der Waals surface area contributed by atoms with Crippen molar-refractivity contribution in [2.75, 3.05) is 26.8 Å². The summed E-state index contributed by atoms with van der Waals surface area (Å²) in [7, 11) is 1.59. The zero-order valence-corrected chi connectivity index (χ0v) is 16.3. The largest absolute Gasteiger partial charge is 0.455 e. The summed E-state index contributed by atoms with van der Waals surface area (Å²) in [5.41, 5.74) is 2.18. The van der Waals surface area contributed by atoms with Gasteiger partial charge in [0, 0.05) is 38.6 Å². The first kappa shape index (κ1) is 19.4. The number of aromatic nitrogens is 1. The minimum atomic E-state index is -0.254. The van der Waals surface area contributed by atoms with Crippen LogP contribution in [0.3, 0.4) is 0 Å². The number of fused-ring (bicyclic) bond motifs is 1. The Labute approximate surface area is 168 Å². The van der Waals surface area contributed by atoms with Crippen LogP contribution >= 0.6 is 0 Å². The molecule has 0 bridgehead atoms. The monoisotopic (exact) mass is 397 g/mol. The van der Waals surface area contributed by atoms with Crippen molar-refractivity contribution in [2.24, 2.45) is 0 Å². The SMILES string of the molecule is COCCNC(=O)c1ccc(CN2CCn3cccc3[C@H]2c2ccc(F)cc2)o1. The number of halogens is 1. The highest BCUT2D eigenvalue weighted by molar-refractivity contribution is 5.91. The lowest BCUT2D eigenvalue weighted by atomic mass is 9.99. The Balaban J connectivity index is 1.53. The van der Waals surface area contributed by atoms with Crippen molar-refractivity contribution in [3.05, 3.63) is 83.3 Å². The molecule has 1 aliphatic rings. The van der Waals surface area contributed by atoms with Gasteiger partial charge in [0.05, 0.1) is 19.2 Å². The zero-order chi connectivity index (χ0) is 20.2. The summed E-state index contributed by atoms with van der Waals surface area (Å²) in [6.45, 7) is 3.12. The van der Waals surface area contributed by atoms with E-state index in [0.717, 1.165) is 24.3 Å². The van der Waals surface area contributed by atoms with Crippen LogP contribution in [-0.4, -0.2) is 42.2 Å². The van der Waals surface area contributed by atoms with Crippen LogP contribution in [0, 0.1) is 5.82 Å². The van der Waals surface area contributed by atoms with Crippen LogP contribution in [0.5, 0.6) is 0 Å². The van der Waals surface area contributed by atoms with Crippen molar-refractivity contribution < 1.29 is 18.3 Å². The molecule has 1 atom stereocenters. The Hall–Kier alpha value is -2.90. The highest BCUT2D eigenvalue weighted by Crippen LogP contribution is 2.33. The predicted molar refractivity (Wildman–Crippen MR) is 106 cm³/mol. The van der Waals surface area contributed by atoms with Gasteiger partial charge in [-0.15, -0.1) is 0 Å². The number of hydrogen-bond donors (Lipinski definition) is 1. The third kappa shape index (κ3) is 4.26. The van der Waals surface area contributed by atoms with Crippen LogP contribution in [0.1, 0.15) is 33.6 Å². The summed E-state index contributed by atoms with van der Waals surface area (Å²) in [6, 6.07) is 14.3. The average molecular weight is 397 g/mol. The number of carbonyl (C=O) groups excluding carboxylic acids is 1. The number of nitrogens with one attached hydrogen (secondary N) is 1. The van der Waals surface area contributed by atoms with Crippen molar-refractivity contribution in [2.45, 2.75) is 19.1 Å². The summed E-state index contributed by atoms with van der Waals surface area (Å²) in [5, 5.41) is 2.76. The van der Waals surface area contributed by atoms with Gasteiger partial charge in [-0.3, -0.25) is 9.69 Å². The van der Waals surface area contributed by atoms with Crippen molar-refractivity contribution in [1.29, 1.82) is 0 Å². The van der Waals surface area contributed by atoms with E-state index in [9.17, 15) is 9.18 Å². The number of amides is 1. The normalized spacial score (nSPS) is 16.6. The van der Waals surface area contributed by atoms with Crippen molar-refractivity contribution >= 4 is 5.91 Å². The Morgan fingerprint density at radius 2 is 2.03 bits per heavy atom. The van der Waals surface area contributed by atoms with E-state index in [4.69, 9.17) is 9.15 Å². The Morgan fingerprint density at radius 1 is 1.21 bits per heavy atom. The highest BCUT2D eigenvalue weighted by Gasteiger charge is 2.29. The maximum absolute atomic E-state index is 13.4. The van der Waals surface area contributed by atoms with Gasteiger partial charge in [-0.05, 0) is 42.0 Å². The van der Waals surface area contributed by atoms with Gasteiger partial charge in [0.1, 0.15) is 11.6 Å². The standard InChI is InChI=1S/C22H24FN3O3/c1-28-14-10-24-22(27)20-9-8-18(29-20)15-26-13-12-25-11-2-3-19(25)21(26)16-4-6-17(23)7-5-16/h2-9,11,21H,10,12-15H2,1H3,(H,24,27)/t21-/m1/s1.